The first-order valence-corrected chi connectivity index (χ1v) is 6.66. The standard InChI is InChI=1S/C14H20N2O5/c1-9(2)7-16(8-12(17)18)14(20)10(3)15-13(19)11-5-4-6-21-11/h4-6,9-10H,7-8H2,1-3H3,(H,15,19)(H,17,18). The van der Waals surface area contributed by atoms with Gasteiger partial charge in [-0.25, -0.2) is 0 Å². The third-order valence-electron chi connectivity index (χ3n) is 2.69. The Morgan fingerprint density at radius 1 is 1.33 bits per heavy atom. The molecule has 2 amide bonds. The first-order chi connectivity index (χ1) is 9.81. The summed E-state index contributed by atoms with van der Waals surface area (Å²) in [5.74, 6) is -1.81. The van der Waals surface area contributed by atoms with Crippen molar-refractivity contribution in [3.05, 3.63) is 24.2 Å². The van der Waals surface area contributed by atoms with Crippen LogP contribution < -0.4 is 5.32 Å². The Morgan fingerprint density at radius 2 is 2.00 bits per heavy atom. The summed E-state index contributed by atoms with van der Waals surface area (Å²) in [7, 11) is 0. The molecule has 7 heteroatoms. The van der Waals surface area contributed by atoms with Gasteiger partial charge in [-0.3, -0.25) is 14.4 Å². The van der Waals surface area contributed by atoms with E-state index in [-0.39, 0.29) is 11.7 Å². The van der Waals surface area contributed by atoms with Crippen LogP contribution in [0, 0.1) is 5.92 Å². The van der Waals surface area contributed by atoms with E-state index in [1.165, 1.54) is 24.2 Å². The third-order valence-corrected chi connectivity index (χ3v) is 2.69. The maximum atomic E-state index is 12.2. The van der Waals surface area contributed by atoms with Crippen molar-refractivity contribution in [1.29, 1.82) is 0 Å². The van der Waals surface area contributed by atoms with Crippen LogP contribution in [0.2, 0.25) is 0 Å². The van der Waals surface area contributed by atoms with Crippen molar-refractivity contribution in [2.24, 2.45) is 5.92 Å². The summed E-state index contributed by atoms with van der Waals surface area (Å²) in [5, 5.41) is 11.4. The highest BCUT2D eigenvalue weighted by Gasteiger charge is 2.25. The second-order valence-electron chi connectivity index (χ2n) is 5.18. The Hall–Kier alpha value is -2.31. The van der Waals surface area contributed by atoms with E-state index >= 15 is 0 Å². The quantitative estimate of drug-likeness (QED) is 0.781. The van der Waals surface area contributed by atoms with Crippen LogP contribution in [-0.4, -0.2) is 46.9 Å². The summed E-state index contributed by atoms with van der Waals surface area (Å²) in [6.07, 6.45) is 1.36. The molecule has 21 heavy (non-hydrogen) atoms. The molecular weight excluding hydrogens is 276 g/mol. The number of nitrogens with one attached hydrogen (secondary N) is 1. The zero-order chi connectivity index (χ0) is 16.0. The van der Waals surface area contributed by atoms with Gasteiger partial charge < -0.3 is 19.7 Å². The second-order valence-corrected chi connectivity index (χ2v) is 5.18. The van der Waals surface area contributed by atoms with Gasteiger partial charge in [-0.15, -0.1) is 0 Å². The number of amides is 2. The summed E-state index contributed by atoms with van der Waals surface area (Å²) in [4.78, 5) is 36.1. The number of furan rings is 1. The normalized spacial score (nSPS) is 12.0. The molecule has 1 aromatic rings. The van der Waals surface area contributed by atoms with Gasteiger partial charge in [0, 0.05) is 6.54 Å². The van der Waals surface area contributed by atoms with Gasteiger partial charge in [0.1, 0.15) is 12.6 Å². The zero-order valence-corrected chi connectivity index (χ0v) is 12.3. The van der Waals surface area contributed by atoms with Gasteiger partial charge in [-0.05, 0) is 25.0 Å². The molecule has 0 spiro atoms. The number of hydrogen-bond acceptors (Lipinski definition) is 4. The number of rotatable bonds is 7. The molecule has 0 aliphatic rings. The lowest BCUT2D eigenvalue weighted by atomic mass is 10.2. The van der Waals surface area contributed by atoms with Crippen LogP contribution in [-0.2, 0) is 9.59 Å². The fraction of sp³-hybridized carbons (Fsp3) is 0.500. The van der Waals surface area contributed by atoms with Crippen LogP contribution >= 0.6 is 0 Å². The van der Waals surface area contributed by atoms with Gasteiger partial charge in [-0.1, -0.05) is 13.8 Å². The monoisotopic (exact) mass is 296 g/mol. The van der Waals surface area contributed by atoms with Crippen molar-refractivity contribution < 1.29 is 23.9 Å². The molecule has 0 aromatic carbocycles. The Morgan fingerprint density at radius 3 is 2.48 bits per heavy atom. The van der Waals surface area contributed by atoms with Crippen molar-refractivity contribution >= 4 is 17.8 Å². The fourth-order valence-corrected chi connectivity index (χ4v) is 1.85. The van der Waals surface area contributed by atoms with Crippen LogP contribution in [0.15, 0.2) is 22.8 Å². The third kappa shape index (κ3) is 5.29. The predicted molar refractivity (Wildman–Crippen MR) is 74.7 cm³/mol. The van der Waals surface area contributed by atoms with Crippen molar-refractivity contribution in [3.63, 3.8) is 0 Å². The van der Waals surface area contributed by atoms with E-state index in [0.29, 0.717) is 6.54 Å². The minimum atomic E-state index is -1.09. The van der Waals surface area contributed by atoms with Gasteiger partial charge in [0.2, 0.25) is 5.91 Å². The van der Waals surface area contributed by atoms with E-state index in [0.717, 1.165) is 0 Å². The summed E-state index contributed by atoms with van der Waals surface area (Å²) in [6.45, 7) is 5.20. The van der Waals surface area contributed by atoms with Gasteiger partial charge in [-0.2, -0.15) is 0 Å². The minimum absolute atomic E-state index is 0.100. The van der Waals surface area contributed by atoms with Crippen LogP contribution in [0.4, 0.5) is 0 Å². The summed E-state index contributed by atoms with van der Waals surface area (Å²) >= 11 is 0. The molecule has 0 radical (unpaired) electrons. The van der Waals surface area contributed by atoms with E-state index in [1.807, 2.05) is 13.8 Å². The molecule has 1 atom stereocenters. The predicted octanol–water partition coefficient (Wildman–Crippen LogP) is 0.967. The SMILES string of the molecule is CC(C)CN(CC(=O)O)C(=O)C(C)NC(=O)c1ccco1. The summed E-state index contributed by atoms with van der Waals surface area (Å²) < 4.78 is 4.93. The van der Waals surface area contributed by atoms with Crippen molar-refractivity contribution in [2.45, 2.75) is 26.8 Å². The Labute approximate surface area is 122 Å². The maximum absolute atomic E-state index is 12.2. The lowest BCUT2D eigenvalue weighted by molar-refractivity contribution is -0.145. The highest BCUT2D eigenvalue weighted by molar-refractivity contribution is 5.95. The molecule has 1 unspecified atom stereocenters. The van der Waals surface area contributed by atoms with E-state index in [1.54, 1.807) is 6.07 Å². The molecule has 0 aliphatic carbocycles. The van der Waals surface area contributed by atoms with Gasteiger partial charge >= 0.3 is 5.97 Å². The highest BCUT2D eigenvalue weighted by Crippen LogP contribution is 2.04. The average molecular weight is 296 g/mol. The molecule has 1 heterocycles. The molecule has 1 rings (SSSR count). The number of aliphatic carboxylic acids is 1. The zero-order valence-electron chi connectivity index (χ0n) is 12.3. The number of nitrogens with zero attached hydrogens (tertiary/aromatic N) is 1. The Balaban J connectivity index is 2.68. The number of carbonyl (C=O) groups excluding carboxylic acids is 2. The van der Waals surface area contributed by atoms with Crippen molar-refractivity contribution in [3.8, 4) is 0 Å². The van der Waals surface area contributed by atoms with E-state index in [2.05, 4.69) is 5.32 Å². The molecule has 0 aliphatic heterocycles. The van der Waals surface area contributed by atoms with Crippen molar-refractivity contribution in [2.75, 3.05) is 13.1 Å². The summed E-state index contributed by atoms with van der Waals surface area (Å²) in [6, 6.07) is 2.22. The Bertz CT molecular complexity index is 495. The molecule has 0 saturated heterocycles. The van der Waals surface area contributed by atoms with Crippen LogP contribution in [0.5, 0.6) is 0 Å². The van der Waals surface area contributed by atoms with E-state index < -0.39 is 30.4 Å². The first-order valence-electron chi connectivity index (χ1n) is 6.66. The smallest absolute Gasteiger partial charge is 0.323 e. The molecule has 0 bridgehead atoms. The van der Waals surface area contributed by atoms with Crippen LogP contribution in [0.1, 0.15) is 31.3 Å². The second kappa shape index (κ2) is 7.47. The van der Waals surface area contributed by atoms with Crippen molar-refractivity contribution in [1.82, 2.24) is 10.2 Å². The molecule has 116 valence electrons. The van der Waals surface area contributed by atoms with Crippen LogP contribution in [0.3, 0.4) is 0 Å². The molecule has 0 fully saturated rings. The molecule has 7 nitrogen and oxygen atoms in total. The van der Waals surface area contributed by atoms with E-state index in [9.17, 15) is 14.4 Å². The number of carboxylic acids is 1. The van der Waals surface area contributed by atoms with Gasteiger partial charge in [0.05, 0.1) is 6.26 Å². The fourth-order valence-electron chi connectivity index (χ4n) is 1.85. The number of carboxylic acid groups (broad SMARTS) is 1. The molecular formula is C14H20N2O5. The molecule has 2 N–H and O–H groups in total. The molecule has 1 aromatic heterocycles. The first kappa shape index (κ1) is 16.7. The van der Waals surface area contributed by atoms with Gasteiger partial charge in [0.25, 0.3) is 5.91 Å². The maximum Gasteiger partial charge on any atom is 0.323 e. The lowest BCUT2D eigenvalue weighted by Gasteiger charge is -2.26. The van der Waals surface area contributed by atoms with Gasteiger partial charge in [0.15, 0.2) is 5.76 Å². The highest BCUT2D eigenvalue weighted by atomic mass is 16.4. The molecule has 0 saturated carbocycles. The largest absolute Gasteiger partial charge is 0.480 e. The number of hydrogen-bond donors (Lipinski definition) is 2. The minimum Gasteiger partial charge on any atom is -0.480 e. The van der Waals surface area contributed by atoms with Crippen LogP contribution in [0.25, 0.3) is 0 Å². The topological polar surface area (TPSA) is 99.9 Å². The van der Waals surface area contributed by atoms with E-state index in [4.69, 9.17) is 9.52 Å². The Kier molecular flexibility index (Phi) is 5.95. The lowest BCUT2D eigenvalue weighted by Crippen LogP contribution is -2.49. The summed E-state index contributed by atoms with van der Waals surface area (Å²) in [5.41, 5.74) is 0. The number of carbonyl (C=O) groups is 3. The average Bonchev–Trinajstić information content (AvgIpc) is 2.89.